The molecule has 0 atom stereocenters. The van der Waals surface area contributed by atoms with Gasteiger partial charge in [-0.2, -0.15) is 5.26 Å². The van der Waals surface area contributed by atoms with Crippen LogP contribution in [0.1, 0.15) is 33.3 Å². The Morgan fingerprint density at radius 1 is 0.396 bits per heavy atom. The predicted molar refractivity (Wildman–Crippen MR) is 398 cm³/mol. The lowest BCUT2D eigenvalue weighted by Gasteiger charge is -2.32. The molecule has 0 amide bonds. The average molecular weight is 1420 g/mol. The Morgan fingerprint density at radius 3 is 1.36 bits per heavy atom. The maximum atomic E-state index is 8.94. The minimum atomic E-state index is -0.340. The molecule has 0 spiro atoms. The number of aromatic nitrogens is 5. The Bertz CT molecular complexity index is 5430. The van der Waals surface area contributed by atoms with E-state index in [4.69, 9.17) is 56.7 Å². The number of benzene rings is 11. The summed E-state index contributed by atoms with van der Waals surface area (Å²) in [4.78, 5) is 21.9. The molecule has 1 saturated heterocycles. The number of para-hydroxylation sites is 5. The number of pyridine rings is 1. The van der Waals surface area contributed by atoms with E-state index in [9.17, 15) is 0 Å². The fraction of sp³-hybridized carbons (Fsp3) is 0.0750. The number of rotatable bonds is 5. The van der Waals surface area contributed by atoms with Gasteiger partial charge in [0.15, 0.2) is 10.3 Å². The van der Waals surface area contributed by atoms with E-state index >= 15 is 0 Å². The van der Waals surface area contributed by atoms with Gasteiger partial charge in [0.05, 0.1) is 50.4 Å². The van der Waals surface area contributed by atoms with Gasteiger partial charge in [0, 0.05) is 30.5 Å². The van der Waals surface area contributed by atoms with Gasteiger partial charge in [-0.05, 0) is 181 Å². The van der Waals surface area contributed by atoms with Gasteiger partial charge in [0.2, 0.25) is 11.4 Å². The molecule has 468 valence electrons. The molecule has 11 nitrogen and oxygen atoms in total. The number of nitrogens with zero attached hydrogens (tertiary/aromatic N) is 6. The van der Waals surface area contributed by atoms with Crippen molar-refractivity contribution >= 4 is 145 Å². The SMILES string of the molecule is Brc1ccc2oc3nc4ccccc4nc3c2c1.CC1(C)OB(c2ccc(-c3ccc(-c4ccc(C#N)cc4)cc3)cc2)OC1(C)C.Clc1nc2ccccc2nc1Cl.Oc1ccc(Br)cc1.c1ccc(-c2ccc(-c3ccc4oc5nc6ccccc6cc5c4c3)cc2)cc1. The molecule has 0 bridgehead atoms. The minimum absolute atomic E-state index is 0.246. The highest BCUT2D eigenvalue weighted by Gasteiger charge is 2.51. The second kappa shape index (κ2) is 28.1. The van der Waals surface area contributed by atoms with E-state index in [0.29, 0.717) is 22.7 Å². The highest BCUT2D eigenvalue weighted by molar-refractivity contribution is 9.10. The van der Waals surface area contributed by atoms with E-state index in [1.165, 1.54) is 22.3 Å². The minimum Gasteiger partial charge on any atom is -0.508 e. The van der Waals surface area contributed by atoms with Gasteiger partial charge < -0.3 is 23.2 Å². The second-order valence-electron chi connectivity index (χ2n) is 23.6. The van der Waals surface area contributed by atoms with Gasteiger partial charge in [-0.15, -0.1) is 0 Å². The van der Waals surface area contributed by atoms with Gasteiger partial charge >= 0.3 is 7.12 Å². The lowest BCUT2D eigenvalue weighted by molar-refractivity contribution is 0.00578. The molecule has 0 saturated carbocycles. The molecular formula is C80H57BBr2Cl2N6O5. The van der Waals surface area contributed by atoms with Crippen LogP contribution in [0.15, 0.2) is 285 Å². The van der Waals surface area contributed by atoms with Crippen molar-refractivity contribution in [3.8, 4) is 56.3 Å². The molecule has 6 heterocycles. The molecule has 0 radical (unpaired) electrons. The molecule has 96 heavy (non-hydrogen) atoms. The van der Waals surface area contributed by atoms with Crippen LogP contribution < -0.4 is 5.46 Å². The zero-order valence-electron chi connectivity index (χ0n) is 52.3. The summed E-state index contributed by atoms with van der Waals surface area (Å²) < 4.78 is 26.0. The predicted octanol–water partition coefficient (Wildman–Crippen LogP) is 22.0. The molecular weight excluding hydrogens is 1370 g/mol. The van der Waals surface area contributed by atoms with Crippen LogP contribution in [-0.4, -0.2) is 48.3 Å². The van der Waals surface area contributed by atoms with Crippen LogP contribution in [0.3, 0.4) is 0 Å². The van der Waals surface area contributed by atoms with Crippen molar-refractivity contribution in [2.45, 2.75) is 38.9 Å². The van der Waals surface area contributed by atoms with E-state index in [0.717, 1.165) is 102 Å². The van der Waals surface area contributed by atoms with Gasteiger partial charge in [-0.25, -0.2) is 24.9 Å². The molecule has 1 aliphatic rings. The summed E-state index contributed by atoms with van der Waals surface area (Å²) in [5.41, 5.74) is 18.3. The van der Waals surface area contributed by atoms with Crippen molar-refractivity contribution < 1.29 is 23.2 Å². The lowest BCUT2D eigenvalue weighted by atomic mass is 9.78. The van der Waals surface area contributed by atoms with Gasteiger partial charge in [-0.3, -0.25) is 0 Å². The average Bonchev–Trinajstić information content (AvgIpc) is 1.61. The Kier molecular flexibility index (Phi) is 18.9. The molecule has 17 rings (SSSR count). The molecule has 11 aromatic carbocycles. The van der Waals surface area contributed by atoms with E-state index in [-0.39, 0.29) is 28.6 Å². The number of hydrogen-bond donors (Lipinski definition) is 1. The summed E-state index contributed by atoms with van der Waals surface area (Å²) >= 11 is 18.1. The number of furan rings is 2. The van der Waals surface area contributed by atoms with Crippen molar-refractivity contribution in [1.82, 2.24) is 24.9 Å². The quantitative estimate of drug-likeness (QED) is 0.164. The largest absolute Gasteiger partial charge is 0.508 e. The Balaban J connectivity index is 0.000000116. The van der Waals surface area contributed by atoms with E-state index in [2.05, 4.69) is 207 Å². The van der Waals surface area contributed by atoms with E-state index in [1.54, 1.807) is 24.3 Å². The van der Waals surface area contributed by atoms with Crippen molar-refractivity contribution in [2.75, 3.05) is 0 Å². The first kappa shape index (κ1) is 64.6. The summed E-state index contributed by atoms with van der Waals surface area (Å²) in [7, 11) is -0.340. The zero-order chi connectivity index (χ0) is 66.5. The Hall–Kier alpha value is -10.1. The Labute approximate surface area is 581 Å². The Morgan fingerprint density at radius 2 is 0.812 bits per heavy atom. The highest BCUT2D eigenvalue weighted by Crippen LogP contribution is 2.38. The fourth-order valence-electron chi connectivity index (χ4n) is 10.9. The maximum absolute atomic E-state index is 8.94. The molecule has 1 aliphatic heterocycles. The molecule has 1 N–H and O–H groups in total. The second-order valence-corrected chi connectivity index (χ2v) is 26.2. The first-order chi connectivity index (χ1) is 46.5. The number of hydrogen-bond acceptors (Lipinski definition) is 11. The molecule has 16 heteroatoms. The lowest BCUT2D eigenvalue weighted by Crippen LogP contribution is -2.41. The fourth-order valence-corrected chi connectivity index (χ4v) is 11.8. The standard InChI is InChI=1S/C27H17NO.C25H24BNO2.C14H7BrN2O.C8H4Cl2N2.C6H5BrO/c1-2-6-18(7-3-1)19-10-12-20(13-11-19)21-14-15-26-23(16-21)24-17-22-8-4-5-9-25(22)28-27(24)29-26;1-24(2)25(3,4)29-26(28-24)23-15-13-22(14-16-23)21-11-9-20(10-12-21)19-7-5-18(17-27)6-8-19;15-8-5-6-12-9(7-8)13-14(18-12)17-11-4-2-1-3-10(11)16-13;9-7-8(10)12-6-4-2-1-3-5(6)11-7;7-5-1-3-6(8)4-2-5/h1-17H;5-16H,1-4H3;1-7H;1-4H;1-4,8H. The zero-order valence-corrected chi connectivity index (χ0v) is 56.9. The summed E-state index contributed by atoms with van der Waals surface area (Å²) in [6, 6.07) is 90.4. The van der Waals surface area contributed by atoms with Crippen molar-refractivity contribution in [1.29, 1.82) is 5.26 Å². The molecule has 5 aromatic heterocycles. The third-order valence-electron chi connectivity index (χ3n) is 16.8. The van der Waals surface area contributed by atoms with Crippen molar-refractivity contribution in [3.63, 3.8) is 0 Å². The first-order valence-corrected chi connectivity index (χ1v) is 33.1. The maximum Gasteiger partial charge on any atom is 0.494 e. The van der Waals surface area contributed by atoms with Crippen LogP contribution in [0.25, 0.3) is 122 Å². The normalized spacial score (nSPS) is 12.9. The molecule has 16 aromatic rings. The third kappa shape index (κ3) is 14.4. The topological polar surface area (TPSA) is 153 Å². The van der Waals surface area contributed by atoms with Crippen LogP contribution in [0.5, 0.6) is 5.75 Å². The van der Waals surface area contributed by atoms with Crippen molar-refractivity contribution in [3.05, 3.63) is 292 Å². The van der Waals surface area contributed by atoms with Crippen molar-refractivity contribution in [2.24, 2.45) is 0 Å². The number of nitriles is 1. The van der Waals surface area contributed by atoms with Gasteiger partial charge in [-0.1, -0.05) is 219 Å². The monoisotopic (exact) mass is 1420 g/mol. The van der Waals surface area contributed by atoms with Gasteiger partial charge in [0.1, 0.15) is 22.4 Å². The summed E-state index contributed by atoms with van der Waals surface area (Å²) in [6.07, 6.45) is 0. The number of phenols is 1. The summed E-state index contributed by atoms with van der Waals surface area (Å²) in [5, 5.41) is 22.4. The summed E-state index contributed by atoms with van der Waals surface area (Å²) in [5.74, 6) is 0.299. The van der Waals surface area contributed by atoms with E-state index in [1.807, 2.05) is 121 Å². The number of phenolic OH excluding ortho intramolecular Hbond substituents is 1. The third-order valence-corrected chi connectivity index (χ3v) is 18.4. The summed E-state index contributed by atoms with van der Waals surface area (Å²) in [6.45, 7) is 8.27. The van der Waals surface area contributed by atoms with Crippen LogP contribution in [0.4, 0.5) is 0 Å². The van der Waals surface area contributed by atoms with Gasteiger partial charge in [0.25, 0.3) is 0 Å². The van der Waals surface area contributed by atoms with Crippen LogP contribution in [0, 0.1) is 11.3 Å². The smallest absolute Gasteiger partial charge is 0.494 e. The highest BCUT2D eigenvalue weighted by atomic mass is 79.9. The van der Waals surface area contributed by atoms with E-state index < -0.39 is 0 Å². The molecule has 1 fully saturated rings. The molecule has 0 aliphatic carbocycles. The number of aromatic hydroxyl groups is 1. The van der Waals surface area contributed by atoms with Crippen LogP contribution in [0.2, 0.25) is 10.3 Å². The number of fused-ring (bicyclic) bond motifs is 9. The number of halogens is 4. The first-order valence-electron chi connectivity index (χ1n) is 30.7. The molecule has 0 unspecified atom stereocenters. The van der Waals surface area contributed by atoms with Crippen LogP contribution >= 0.6 is 55.1 Å². The van der Waals surface area contributed by atoms with Crippen LogP contribution in [-0.2, 0) is 9.31 Å².